The van der Waals surface area contributed by atoms with Gasteiger partial charge in [-0.25, -0.2) is 4.98 Å². The van der Waals surface area contributed by atoms with Crippen LogP contribution >= 0.6 is 11.6 Å². The Morgan fingerprint density at radius 3 is 2.38 bits per heavy atom. The zero-order chi connectivity index (χ0) is 18.1. The third-order valence-electron chi connectivity index (χ3n) is 4.59. The van der Waals surface area contributed by atoms with E-state index in [0.717, 1.165) is 29.3 Å². The number of anilines is 2. The van der Waals surface area contributed by atoms with E-state index in [9.17, 15) is 0 Å². The van der Waals surface area contributed by atoms with Crippen LogP contribution in [0.4, 0.5) is 11.5 Å². The van der Waals surface area contributed by atoms with Gasteiger partial charge in [0.1, 0.15) is 11.5 Å². The molecule has 0 aliphatic carbocycles. The molecule has 4 heteroatoms. The first-order valence-corrected chi connectivity index (χ1v) is 9.03. The predicted octanol–water partition coefficient (Wildman–Crippen LogP) is 5.94. The number of fused-ring (bicyclic) bond motifs is 1. The molecule has 0 saturated carbocycles. The fourth-order valence-electron chi connectivity index (χ4n) is 3.24. The second kappa shape index (κ2) is 6.85. The molecule has 26 heavy (non-hydrogen) atoms. The maximum Gasteiger partial charge on any atom is 0.138 e. The fourth-order valence-corrected chi connectivity index (χ4v) is 3.40. The van der Waals surface area contributed by atoms with Crippen molar-refractivity contribution < 1.29 is 0 Å². The number of nitrogens with one attached hydrogen (secondary N) is 1. The van der Waals surface area contributed by atoms with Gasteiger partial charge in [-0.3, -0.25) is 4.40 Å². The highest BCUT2D eigenvalue weighted by molar-refractivity contribution is 6.30. The van der Waals surface area contributed by atoms with Crippen molar-refractivity contribution in [3.05, 3.63) is 94.3 Å². The summed E-state index contributed by atoms with van der Waals surface area (Å²) in [7, 11) is 0. The number of rotatable bonds is 4. The molecule has 2 aromatic carbocycles. The summed E-state index contributed by atoms with van der Waals surface area (Å²) in [5, 5.41) is 4.31. The van der Waals surface area contributed by atoms with Crippen molar-refractivity contribution in [3.63, 3.8) is 0 Å². The molecule has 0 amide bonds. The fraction of sp³-hybridized carbons (Fsp3) is 0.136. The summed E-state index contributed by atoms with van der Waals surface area (Å²) in [5.74, 6) is 0.962. The highest BCUT2D eigenvalue weighted by Crippen LogP contribution is 2.29. The molecule has 2 aromatic heterocycles. The third kappa shape index (κ3) is 3.18. The minimum atomic E-state index is 0.686. The predicted molar refractivity (Wildman–Crippen MR) is 109 cm³/mol. The largest absolute Gasteiger partial charge is 0.339 e. The van der Waals surface area contributed by atoms with E-state index in [1.54, 1.807) is 0 Å². The Balaban J connectivity index is 1.85. The second-order valence-electron chi connectivity index (χ2n) is 6.54. The molecule has 4 rings (SSSR count). The first-order chi connectivity index (χ1) is 12.6. The van der Waals surface area contributed by atoms with Crippen LogP contribution in [0, 0.1) is 13.8 Å². The number of nitrogens with zero attached hydrogens (tertiary/aromatic N) is 2. The van der Waals surface area contributed by atoms with Crippen LogP contribution in [0.15, 0.2) is 66.9 Å². The van der Waals surface area contributed by atoms with Gasteiger partial charge in [0, 0.05) is 18.3 Å². The molecule has 0 aliphatic heterocycles. The zero-order valence-electron chi connectivity index (χ0n) is 14.8. The van der Waals surface area contributed by atoms with Gasteiger partial charge in [0.15, 0.2) is 0 Å². The van der Waals surface area contributed by atoms with Gasteiger partial charge in [0.2, 0.25) is 0 Å². The summed E-state index contributed by atoms with van der Waals surface area (Å²) in [6, 6.07) is 20.5. The van der Waals surface area contributed by atoms with Crippen molar-refractivity contribution in [2.24, 2.45) is 0 Å². The molecule has 130 valence electrons. The van der Waals surface area contributed by atoms with Crippen LogP contribution in [0.2, 0.25) is 5.02 Å². The molecule has 0 bridgehead atoms. The lowest BCUT2D eigenvalue weighted by molar-refractivity contribution is 1.11. The van der Waals surface area contributed by atoms with Gasteiger partial charge in [0.25, 0.3) is 0 Å². The number of benzene rings is 2. The standard InChI is InChI=1S/C22H20ClN3/c1-15-7-6-8-16(2)21(15)25-22-19(13-17-9-4-3-5-10-17)24-20-12-11-18(23)14-26(20)22/h3-12,14,25H,13H2,1-2H3. The van der Waals surface area contributed by atoms with Crippen molar-refractivity contribution in [1.82, 2.24) is 9.38 Å². The number of hydrogen-bond acceptors (Lipinski definition) is 2. The molecule has 0 saturated heterocycles. The van der Waals surface area contributed by atoms with Crippen molar-refractivity contribution in [3.8, 4) is 0 Å². The molecular weight excluding hydrogens is 342 g/mol. The normalized spacial score (nSPS) is 11.0. The van der Waals surface area contributed by atoms with Crippen molar-refractivity contribution in [1.29, 1.82) is 0 Å². The summed E-state index contributed by atoms with van der Waals surface area (Å²) in [4.78, 5) is 4.85. The summed E-state index contributed by atoms with van der Waals surface area (Å²) < 4.78 is 2.03. The quantitative estimate of drug-likeness (QED) is 0.487. The maximum absolute atomic E-state index is 6.25. The average Bonchev–Trinajstić information content (AvgIpc) is 2.95. The van der Waals surface area contributed by atoms with Gasteiger partial charge >= 0.3 is 0 Å². The summed E-state index contributed by atoms with van der Waals surface area (Å²) >= 11 is 6.25. The number of aryl methyl sites for hydroxylation is 2. The van der Waals surface area contributed by atoms with Crippen LogP contribution in [-0.4, -0.2) is 9.38 Å². The van der Waals surface area contributed by atoms with Gasteiger partial charge in [-0.15, -0.1) is 0 Å². The monoisotopic (exact) mass is 361 g/mol. The minimum absolute atomic E-state index is 0.686. The summed E-state index contributed by atoms with van der Waals surface area (Å²) in [6.07, 6.45) is 2.67. The van der Waals surface area contributed by atoms with Crippen LogP contribution < -0.4 is 5.32 Å². The molecule has 0 fully saturated rings. The number of hydrogen-bond donors (Lipinski definition) is 1. The number of imidazole rings is 1. The molecule has 3 nitrogen and oxygen atoms in total. The minimum Gasteiger partial charge on any atom is -0.339 e. The van der Waals surface area contributed by atoms with E-state index in [2.05, 4.69) is 61.6 Å². The van der Waals surface area contributed by atoms with Gasteiger partial charge in [-0.2, -0.15) is 0 Å². The van der Waals surface area contributed by atoms with Crippen molar-refractivity contribution >= 4 is 28.8 Å². The van der Waals surface area contributed by atoms with E-state index in [0.29, 0.717) is 5.02 Å². The number of pyridine rings is 1. The lowest BCUT2D eigenvalue weighted by atomic mass is 10.1. The Morgan fingerprint density at radius 1 is 0.923 bits per heavy atom. The Kier molecular flexibility index (Phi) is 4.39. The van der Waals surface area contributed by atoms with Crippen LogP contribution in [0.3, 0.4) is 0 Å². The molecule has 1 N–H and O–H groups in total. The van der Waals surface area contributed by atoms with E-state index < -0.39 is 0 Å². The molecule has 0 atom stereocenters. The number of aromatic nitrogens is 2. The molecular formula is C22H20ClN3. The van der Waals surface area contributed by atoms with Crippen LogP contribution in [0.1, 0.15) is 22.4 Å². The first-order valence-electron chi connectivity index (χ1n) is 8.65. The van der Waals surface area contributed by atoms with E-state index in [1.165, 1.54) is 16.7 Å². The second-order valence-corrected chi connectivity index (χ2v) is 6.97. The van der Waals surface area contributed by atoms with Crippen LogP contribution in [-0.2, 0) is 6.42 Å². The van der Waals surface area contributed by atoms with Gasteiger partial charge in [-0.05, 0) is 42.7 Å². The molecule has 0 aliphatic rings. The molecule has 0 unspecified atom stereocenters. The average molecular weight is 362 g/mol. The van der Waals surface area contributed by atoms with Gasteiger partial charge in [-0.1, -0.05) is 60.1 Å². The van der Waals surface area contributed by atoms with Crippen molar-refractivity contribution in [2.45, 2.75) is 20.3 Å². The highest BCUT2D eigenvalue weighted by Gasteiger charge is 2.15. The van der Waals surface area contributed by atoms with Crippen LogP contribution in [0.5, 0.6) is 0 Å². The Bertz CT molecular complexity index is 1050. The summed E-state index contributed by atoms with van der Waals surface area (Å²) in [6.45, 7) is 4.23. The lowest BCUT2D eigenvalue weighted by Crippen LogP contribution is -2.02. The Hall–Kier alpha value is -2.78. The molecule has 4 aromatic rings. The molecule has 0 spiro atoms. The lowest BCUT2D eigenvalue weighted by Gasteiger charge is -2.14. The number of para-hydroxylation sites is 1. The topological polar surface area (TPSA) is 29.3 Å². The smallest absolute Gasteiger partial charge is 0.138 e. The Labute approximate surface area is 158 Å². The van der Waals surface area contributed by atoms with E-state index in [4.69, 9.17) is 16.6 Å². The van der Waals surface area contributed by atoms with E-state index in [1.807, 2.05) is 28.8 Å². The van der Waals surface area contributed by atoms with E-state index in [-0.39, 0.29) is 0 Å². The SMILES string of the molecule is Cc1cccc(C)c1Nc1c(Cc2ccccc2)nc2ccc(Cl)cn12. The van der Waals surface area contributed by atoms with Crippen LogP contribution in [0.25, 0.3) is 5.65 Å². The highest BCUT2D eigenvalue weighted by atomic mass is 35.5. The van der Waals surface area contributed by atoms with Gasteiger partial charge < -0.3 is 5.32 Å². The van der Waals surface area contributed by atoms with E-state index >= 15 is 0 Å². The molecule has 0 radical (unpaired) electrons. The van der Waals surface area contributed by atoms with Crippen molar-refractivity contribution in [2.75, 3.05) is 5.32 Å². The Morgan fingerprint density at radius 2 is 1.65 bits per heavy atom. The molecule has 2 heterocycles. The first kappa shape index (κ1) is 16.7. The third-order valence-corrected chi connectivity index (χ3v) is 4.82. The van der Waals surface area contributed by atoms with Gasteiger partial charge in [0.05, 0.1) is 10.7 Å². The summed E-state index contributed by atoms with van der Waals surface area (Å²) in [5.41, 5.74) is 6.63. The maximum atomic E-state index is 6.25. The number of halogens is 1. The zero-order valence-corrected chi connectivity index (χ0v) is 15.6.